The Morgan fingerprint density at radius 1 is 1.09 bits per heavy atom. The van der Waals surface area contributed by atoms with Gasteiger partial charge in [0.05, 0.1) is 29.8 Å². The number of fused-ring (bicyclic) bond motifs is 1. The fraction of sp³-hybridized carbons (Fsp3) is 0.441. The molecule has 6 atom stereocenters. The molecule has 8 nitrogen and oxygen atoms in total. The zero-order valence-electron chi connectivity index (χ0n) is 25.4. The minimum absolute atomic E-state index is 0.0104. The number of halogens is 1. The van der Waals surface area contributed by atoms with Crippen molar-refractivity contribution in [2.24, 2.45) is 11.8 Å². The molecular formula is C34H40BrN3O5S. The van der Waals surface area contributed by atoms with Crippen LogP contribution in [-0.4, -0.2) is 81.4 Å². The molecule has 0 saturated carbocycles. The maximum Gasteiger partial charge on any atom is 0.251 e. The van der Waals surface area contributed by atoms with Crippen molar-refractivity contribution in [1.82, 2.24) is 4.90 Å². The fourth-order valence-corrected chi connectivity index (χ4v) is 11.0. The molecule has 234 valence electrons. The normalized spacial score (nSPS) is 26.8. The maximum absolute atomic E-state index is 14.8. The third-order valence-corrected chi connectivity index (χ3v) is 12.2. The molecule has 0 aliphatic carbocycles. The van der Waals surface area contributed by atoms with E-state index in [0.717, 1.165) is 16.8 Å². The van der Waals surface area contributed by atoms with Crippen molar-refractivity contribution in [1.29, 1.82) is 0 Å². The minimum atomic E-state index is -0.850. The first-order chi connectivity index (χ1) is 21.1. The maximum atomic E-state index is 14.8. The van der Waals surface area contributed by atoms with Gasteiger partial charge in [0, 0.05) is 41.1 Å². The predicted molar refractivity (Wildman–Crippen MR) is 180 cm³/mol. The van der Waals surface area contributed by atoms with Crippen LogP contribution in [0.25, 0.3) is 0 Å². The van der Waals surface area contributed by atoms with Gasteiger partial charge in [-0.1, -0.05) is 46.3 Å². The van der Waals surface area contributed by atoms with Gasteiger partial charge in [-0.2, -0.15) is 0 Å². The van der Waals surface area contributed by atoms with Crippen molar-refractivity contribution in [2.75, 3.05) is 42.6 Å². The van der Waals surface area contributed by atoms with E-state index in [4.69, 9.17) is 4.74 Å². The van der Waals surface area contributed by atoms with Crippen LogP contribution in [0.5, 0.6) is 5.75 Å². The standard InChI is InChI=1S/C34H40BrN3O5S/c1-6-16-36(23-12-14-24(15-13-23)43-8-3)31(40)26-27-32(41)38(18-19-39)30(34(27)20-25(35)29(26)44-34)33(42)37(17-7-2)28-21(4)10-9-11-22(28)5/h6-7,9-15,25-27,29-30,39H,1-2,8,16-20H2,3-5H3/t25?,26-,27+,29-,30?,34?/m1/s1. The summed E-state index contributed by atoms with van der Waals surface area (Å²) in [7, 11) is 0. The molecule has 10 heteroatoms. The Balaban J connectivity index is 1.57. The summed E-state index contributed by atoms with van der Waals surface area (Å²) in [5, 5.41) is 9.87. The Kier molecular flexibility index (Phi) is 9.63. The van der Waals surface area contributed by atoms with Gasteiger partial charge in [-0.3, -0.25) is 14.4 Å². The Labute approximate surface area is 272 Å². The van der Waals surface area contributed by atoms with E-state index in [1.165, 1.54) is 4.90 Å². The van der Waals surface area contributed by atoms with Crippen molar-refractivity contribution in [3.05, 3.63) is 78.9 Å². The van der Waals surface area contributed by atoms with Crippen LogP contribution in [0.1, 0.15) is 24.5 Å². The van der Waals surface area contributed by atoms with E-state index in [1.54, 1.807) is 33.7 Å². The number of β-amino-alcohol motifs (C(OH)–C–C–N with tert-alkyl or cyclic N) is 1. The largest absolute Gasteiger partial charge is 0.494 e. The first-order valence-electron chi connectivity index (χ1n) is 15.0. The Bertz CT molecular complexity index is 1430. The summed E-state index contributed by atoms with van der Waals surface area (Å²) in [5.74, 6) is -1.32. The van der Waals surface area contributed by atoms with Crippen LogP contribution in [-0.2, 0) is 14.4 Å². The average Bonchev–Trinajstić information content (AvgIpc) is 3.59. The molecule has 3 aliphatic heterocycles. The molecule has 3 heterocycles. The zero-order chi connectivity index (χ0) is 31.8. The summed E-state index contributed by atoms with van der Waals surface area (Å²) in [5.41, 5.74) is 3.36. The van der Waals surface area contributed by atoms with Crippen LogP contribution in [0.4, 0.5) is 11.4 Å². The van der Waals surface area contributed by atoms with Crippen molar-refractivity contribution in [3.8, 4) is 5.75 Å². The fourth-order valence-electron chi connectivity index (χ4n) is 7.36. The third kappa shape index (κ3) is 5.28. The van der Waals surface area contributed by atoms with Gasteiger partial charge in [0.15, 0.2) is 0 Å². The van der Waals surface area contributed by atoms with Crippen LogP contribution in [0.2, 0.25) is 0 Å². The lowest BCUT2D eigenvalue weighted by Gasteiger charge is -2.39. The molecular weight excluding hydrogens is 642 g/mol. The van der Waals surface area contributed by atoms with Crippen molar-refractivity contribution in [2.45, 2.75) is 48.1 Å². The molecule has 2 aromatic carbocycles. The van der Waals surface area contributed by atoms with E-state index in [-0.39, 0.29) is 54.0 Å². The highest BCUT2D eigenvalue weighted by Gasteiger charge is 2.76. The summed E-state index contributed by atoms with van der Waals surface area (Å²) in [4.78, 5) is 48.5. The van der Waals surface area contributed by atoms with Gasteiger partial charge in [0.1, 0.15) is 11.8 Å². The molecule has 1 spiro atoms. The number of alkyl halides is 1. The topological polar surface area (TPSA) is 90.4 Å². The number of anilines is 2. The number of likely N-dealkylation sites (tertiary alicyclic amines) is 1. The summed E-state index contributed by atoms with van der Waals surface area (Å²) in [6, 6.07) is 12.4. The number of aliphatic hydroxyl groups is 1. The van der Waals surface area contributed by atoms with E-state index < -0.39 is 22.6 Å². The molecule has 3 fully saturated rings. The molecule has 2 aromatic rings. The lowest BCUT2D eigenvalue weighted by atomic mass is 9.70. The second kappa shape index (κ2) is 13.1. The van der Waals surface area contributed by atoms with Crippen LogP contribution < -0.4 is 14.5 Å². The van der Waals surface area contributed by atoms with E-state index in [9.17, 15) is 19.5 Å². The van der Waals surface area contributed by atoms with Gasteiger partial charge >= 0.3 is 0 Å². The molecule has 3 amide bonds. The van der Waals surface area contributed by atoms with Gasteiger partial charge in [0.25, 0.3) is 5.91 Å². The van der Waals surface area contributed by atoms with Crippen molar-refractivity contribution >= 4 is 56.8 Å². The zero-order valence-corrected chi connectivity index (χ0v) is 27.9. The Hall–Kier alpha value is -3.08. The smallest absolute Gasteiger partial charge is 0.251 e. The lowest BCUT2D eigenvalue weighted by Crippen LogP contribution is -2.56. The quantitative estimate of drug-likeness (QED) is 0.253. The SMILES string of the molecule is C=CCN(C(=O)[C@H]1[C@@H]2SC3(CC2Br)C(C(=O)N(CC=C)c2c(C)cccc2C)N(CCO)C(=O)[C@H]13)c1ccc(OCC)cc1. The van der Waals surface area contributed by atoms with Crippen LogP contribution in [0.15, 0.2) is 67.8 Å². The number of hydrogen-bond acceptors (Lipinski definition) is 6. The average molecular weight is 683 g/mol. The first-order valence-corrected chi connectivity index (χ1v) is 16.8. The van der Waals surface area contributed by atoms with Crippen molar-refractivity contribution in [3.63, 3.8) is 0 Å². The van der Waals surface area contributed by atoms with Gasteiger partial charge in [-0.05, 0) is 62.6 Å². The van der Waals surface area contributed by atoms with Gasteiger partial charge in [-0.25, -0.2) is 0 Å². The molecule has 3 saturated heterocycles. The molecule has 5 rings (SSSR count). The summed E-state index contributed by atoms with van der Waals surface area (Å²) in [6.45, 7) is 14.4. The van der Waals surface area contributed by atoms with Crippen molar-refractivity contribution < 1.29 is 24.2 Å². The highest BCUT2D eigenvalue weighted by Crippen LogP contribution is 2.68. The van der Waals surface area contributed by atoms with Crippen LogP contribution in [0, 0.1) is 25.7 Å². The molecule has 0 radical (unpaired) electrons. The lowest BCUT2D eigenvalue weighted by molar-refractivity contribution is -0.139. The van der Waals surface area contributed by atoms with Crippen LogP contribution in [0.3, 0.4) is 0 Å². The van der Waals surface area contributed by atoms with E-state index in [2.05, 4.69) is 29.1 Å². The number of carbonyl (C=O) groups is 3. The van der Waals surface area contributed by atoms with Crippen LogP contribution >= 0.6 is 27.7 Å². The molecule has 44 heavy (non-hydrogen) atoms. The monoisotopic (exact) mass is 681 g/mol. The molecule has 2 bridgehead atoms. The van der Waals surface area contributed by atoms with E-state index >= 15 is 0 Å². The predicted octanol–water partition coefficient (Wildman–Crippen LogP) is 4.90. The minimum Gasteiger partial charge on any atom is -0.494 e. The first kappa shape index (κ1) is 32.3. The highest BCUT2D eigenvalue weighted by molar-refractivity contribution is 9.09. The number of thioether (sulfide) groups is 1. The Morgan fingerprint density at radius 2 is 1.73 bits per heavy atom. The second-order valence-corrected chi connectivity index (χ2v) is 14.3. The molecule has 3 unspecified atom stereocenters. The number of carbonyl (C=O) groups excluding carboxylic acids is 3. The van der Waals surface area contributed by atoms with Gasteiger partial charge < -0.3 is 24.5 Å². The van der Waals surface area contributed by atoms with E-state index in [1.807, 2.05) is 63.2 Å². The third-order valence-electron chi connectivity index (χ3n) is 8.97. The summed E-state index contributed by atoms with van der Waals surface area (Å²) in [6.07, 6.45) is 3.92. The van der Waals surface area contributed by atoms with E-state index in [0.29, 0.717) is 24.5 Å². The Morgan fingerprint density at radius 3 is 2.32 bits per heavy atom. The van der Waals surface area contributed by atoms with Gasteiger partial charge in [0.2, 0.25) is 11.8 Å². The number of para-hydroxylation sites is 1. The highest BCUT2D eigenvalue weighted by atomic mass is 79.9. The number of benzene rings is 2. The number of nitrogens with zero attached hydrogens (tertiary/aromatic N) is 3. The summed E-state index contributed by atoms with van der Waals surface area (Å²) >= 11 is 5.43. The molecule has 1 N–H and O–H groups in total. The number of aliphatic hydroxyl groups excluding tert-OH is 1. The number of aryl methyl sites for hydroxylation is 2. The van der Waals surface area contributed by atoms with Gasteiger partial charge in [-0.15, -0.1) is 24.9 Å². The number of amides is 3. The number of rotatable bonds is 12. The molecule has 3 aliphatic rings. The number of ether oxygens (including phenoxy) is 1. The number of hydrogen-bond donors (Lipinski definition) is 1. The second-order valence-electron chi connectivity index (χ2n) is 11.6. The summed E-state index contributed by atoms with van der Waals surface area (Å²) < 4.78 is 4.76. The molecule has 0 aromatic heterocycles.